The molecule has 0 radical (unpaired) electrons. The molecule has 2 aliphatic carbocycles. The van der Waals surface area contributed by atoms with Gasteiger partial charge in [-0.2, -0.15) is 0 Å². The van der Waals surface area contributed by atoms with Crippen LogP contribution in [-0.4, -0.2) is 94.2 Å². The molecule has 3 aromatic carbocycles. The topological polar surface area (TPSA) is 184 Å². The van der Waals surface area contributed by atoms with Crippen LogP contribution in [0.25, 0.3) is 22.3 Å². The normalized spacial score (nSPS) is 20.0. The van der Waals surface area contributed by atoms with E-state index in [0.717, 1.165) is 77.8 Å². The van der Waals surface area contributed by atoms with Gasteiger partial charge in [0.25, 0.3) is 5.91 Å². The number of ether oxygens (including phenoxy) is 3. The summed E-state index contributed by atoms with van der Waals surface area (Å²) in [5.74, 6) is 8.19. The Morgan fingerprint density at radius 2 is 1.35 bits per heavy atom. The second-order valence-corrected chi connectivity index (χ2v) is 17.9. The Kier molecular flexibility index (Phi) is 10.9. The van der Waals surface area contributed by atoms with Crippen LogP contribution in [0, 0.1) is 28.6 Å². The fraction of sp³-hybridized carbons (Fsp3) is 0.417. The molecule has 4 atom stereocenters. The van der Waals surface area contributed by atoms with Crippen molar-refractivity contribution < 1.29 is 33.4 Å². The molecule has 4 N–H and O–H groups in total. The maximum atomic E-state index is 14.4. The SMILES string of the molecule is COC(=O)N[C@H](C(=O)N1CC2(CC2)C[C@H]1c1ncc(-c2ccc(C#Cc3ccc4nc([C@@H]5CC6(CC6)CN5C(=O)[C@H](NC(=O)OC)c5ccc(OC)cc5)[nH]c4c3)cc2)[nH]1)C(C)C. The second kappa shape index (κ2) is 16.5. The van der Waals surface area contributed by atoms with Crippen molar-refractivity contribution in [3.63, 3.8) is 0 Å². The number of H-pyrrole nitrogens is 2. The van der Waals surface area contributed by atoms with Crippen LogP contribution in [0.15, 0.2) is 72.9 Å². The number of alkyl carbamates (subject to hydrolysis) is 2. The highest BCUT2D eigenvalue weighted by Gasteiger charge is 2.56. The Bertz CT molecular complexity index is 2620. The predicted octanol–water partition coefficient (Wildman–Crippen LogP) is 6.95. The minimum atomic E-state index is -0.950. The summed E-state index contributed by atoms with van der Waals surface area (Å²) in [5.41, 5.74) is 5.80. The number of rotatable bonds is 10. The lowest BCUT2D eigenvalue weighted by Crippen LogP contribution is -2.51. The smallest absolute Gasteiger partial charge is 0.407 e. The molecule has 4 aliphatic rings. The van der Waals surface area contributed by atoms with Crippen molar-refractivity contribution in [1.29, 1.82) is 0 Å². The van der Waals surface area contributed by atoms with Crippen molar-refractivity contribution in [2.24, 2.45) is 16.7 Å². The van der Waals surface area contributed by atoms with Gasteiger partial charge in [0.2, 0.25) is 5.91 Å². The van der Waals surface area contributed by atoms with E-state index in [1.807, 2.05) is 66.1 Å². The standard InChI is InChI=1S/C48H52N8O7/c1-28(2)39(53-45(59)62-4)43(57)55-26-47(18-19-47)23-37(55)41-49-25-36(52-41)31-11-8-29(9-12-31)6-7-30-10-17-34-35(22-30)51-42(50-34)38-24-48(20-21-48)27-56(38)44(58)40(54-46(60)63-5)32-13-15-33(61-3)16-14-32/h8-17,22,25,28,37-40H,18-21,23-24,26-27H2,1-5H3,(H,49,52)(H,50,51)(H,53,59)(H,54,60)/t37-,38-,39-,40+/m0/s1. The van der Waals surface area contributed by atoms with Gasteiger partial charge in [-0.1, -0.05) is 50.0 Å². The van der Waals surface area contributed by atoms with E-state index >= 15 is 0 Å². The first-order valence-electron chi connectivity index (χ1n) is 21.5. The number of hydrogen-bond donors (Lipinski definition) is 4. The highest BCUT2D eigenvalue weighted by Crippen LogP contribution is 2.59. The molecule has 4 amide bonds. The largest absolute Gasteiger partial charge is 0.497 e. The van der Waals surface area contributed by atoms with E-state index in [4.69, 9.17) is 24.2 Å². The summed E-state index contributed by atoms with van der Waals surface area (Å²) >= 11 is 0. The molecule has 2 saturated heterocycles. The maximum absolute atomic E-state index is 14.4. The maximum Gasteiger partial charge on any atom is 0.407 e. The molecule has 9 rings (SSSR count). The number of fused-ring (bicyclic) bond motifs is 1. The monoisotopic (exact) mass is 852 g/mol. The first-order chi connectivity index (χ1) is 30.4. The lowest BCUT2D eigenvalue weighted by molar-refractivity contribution is -0.136. The quantitative estimate of drug-likeness (QED) is 0.108. The summed E-state index contributed by atoms with van der Waals surface area (Å²) in [4.78, 5) is 73.2. The minimum absolute atomic E-state index is 0.0426. The Hall–Kier alpha value is -6.82. The number of nitrogens with zero attached hydrogens (tertiary/aromatic N) is 4. The third-order valence-electron chi connectivity index (χ3n) is 13.3. The zero-order valence-corrected chi connectivity index (χ0v) is 36.1. The Balaban J connectivity index is 0.896. The van der Waals surface area contributed by atoms with Gasteiger partial charge in [0, 0.05) is 24.2 Å². The van der Waals surface area contributed by atoms with Crippen LogP contribution in [0.3, 0.4) is 0 Å². The van der Waals surface area contributed by atoms with Crippen molar-refractivity contribution >= 4 is 35.0 Å². The molecule has 0 unspecified atom stereocenters. The van der Waals surface area contributed by atoms with Gasteiger partial charge in [-0.25, -0.2) is 19.6 Å². The van der Waals surface area contributed by atoms with Gasteiger partial charge in [0.15, 0.2) is 0 Å². The van der Waals surface area contributed by atoms with Crippen LogP contribution < -0.4 is 15.4 Å². The molecule has 15 nitrogen and oxygen atoms in total. The predicted molar refractivity (Wildman–Crippen MR) is 233 cm³/mol. The molecule has 5 aromatic rings. The molecule has 4 fully saturated rings. The number of aromatic nitrogens is 4. The van der Waals surface area contributed by atoms with Gasteiger partial charge in [-0.15, -0.1) is 0 Å². The first kappa shape index (κ1) is 41.5. The fourth-order valence-electron chi connectivity index (χ4n) is 9.24. The number of nitrogens with one attached hydrogen (secondary N) is 4. The highest BCUT2D eigenvalue weighted by atomic mass is 16.5. The molecule has 2 spiro atoms. The number of amides is 4. The first-order valence-corrected chi connectivity index (χ1v) is 21.5. The van der Waals surface area contributed by atoms with Gasteiger partial charge < -0.3 is 44.6 Å². The van der Waals surface area contributed by atoms with Crippen LogP contribution in [-0.2, 0) is 19.1 Å². The van der Waals surface area contributed by atoms with E-state index in [2.05, 4.69) is 32.4 Å². The molecular formula is C48H52N8O7. The fourth-order valence-corrected chi connectivity index (χ4v) is 9.24. The van der Waals surface area contributed by atoms with Crippen molar-refractivity contribution in [3.05, 3.63) is 101 Å². The third kappa shape index (κ3) is 8.41. The van der Waals surface area contributed by atoms with Crippen LogP contribution in [0.1, 0.15) is 98.8 Å². The number of carbonyl (C=O) groups excluding carboxylic acids is 4. The van der Waals surface area contributed by atoms with Crippen molar-refractivity contribution in [2.75, 3.05) is 34.4 Å². The second-order valence-electron chi connectivity index (χ2n) is 17.9. The molecule has 2 aromatic heterocycles. The van der Waals surface area contributed by atoms with Crippen molar-refractivity contribution in [1.82, 2.24) is 40.4 Å². The van der Waals surface area contributed by atoms with E-state index in [1.165, 1.54) is 14.2 Å². The van der Waals surface area contributed by atoms with Gasteiger partial charge in [-0.3, -0.25) is 9.59 Å². The third-order valence-corrected chi connectivity index (χ3v) is 13.3. The molecule has 326 valence electrons. The summed E-state index contributed by atoms with van der Waals surface area (Å²) in [6.07, 6.45) is 6.32. The Morgan fingerprint density at radius 3 is 1.97 bits per heavy atom. The van der Waals surface area contributed by atoms with Crippen LogP contribution in [0.2, 0.25) is 0 Å². The minimum Gasteiger partial charge on any atom is -0.497 e. The van der Waals surface area contributed by atoms with Gasteiger partial charge in [0.1, 0.15) is 29.5 Å². The lowest BCUT2D eigenvalue weighted by Gasteiger charge is -2.30. The number of likely N-dealkylation sites (tertiary alicyclic amines) is 2. The molecule has 2 aliphatic heterocycles. The zero-order chi connectivity index (χ0) is 44.0. The number of methoxy groups -OCH3 is 3. The number of benzene rings is 3. The molecule has 15 heteroatoms. The van der Waals surface area contributed by atoms with E-state index < -0.39 is 24.3 Å². The summed E-state index contributed by atoms with van der Waals surface area (Å²) < 4.78 is 15.0. The van der Waals surface area contributed by atoms with Gasteiger partial charge >= 0.3 is 12.2 Å². The number of hydrogen-bond acceptors (Lipinski definition) is 9. The lowest BCUT2D eigenvalue weighted by atomic mass is 10.0. The average molecular weight is 853 g/mol. The number of imidazole rings is 2. The van der Waals surface area contributed by atoms with E-state index in [1.54, 1.807) is 37.6 Å². The summed E-state index contributed by atoms with van der Waals surface area (Å²) in [7, 11) is 4.15. The molecule has 4 heterocycles. The van der Waals surface area contributed by atoms with Gasteiger partial charge in [0.05, 0.1) is 56.3 Å². The summed E-state index contributed by atoms with van der Waals surface area (Å²) in [5, 5.41) is 5.49. The zero-order valence-electron chi connectivity index (χ0n) is 36.1. The number of aromatic amines is 2. The van der Waals surface area contributed by atoms with Crippen LogP contribution in [0.5, 0.6) is 5.75 Å². The number of carbonyl (C=O) groups is 4. The summed E-state index contributed by atoms with van der Waals surface area (Å²) in [6, 6.07) is 18.7. The van der Waals surface area contributed by atoms with Gasteiger partial charge in [-0.05, 0) is 109 Å². The Morgan fingerprint density at radius 1 is 0.746 bits per heavy atom. The molecule has 0 bridgehead atoms. The van der Waals surface area contributed by atoms with Crippen molar-refractivity contribution in [2.45, 2.75) is 76.5 Å². The van der Waals surface area contributed by atoms with E-state index in [0.29, 0.717) is 30.2 Å². The highest BCUT2D eigenvalue weighted by molar-refractivity contribution is 5.88. The van der Waals surface area contributed by atoms with Crippen molar-refractivity contribution in [3.8, 4) is 28.8 Å². The average Bonchev–Trinajstić information content (AvgIpc) is 3.91. The van der Waals surface area contributed by atoms with Crippen LogP contribution >= 0.6 is 0 Å². The molecular weight excluding hydrogens is 801 g/mol. The summed E-state index contributed by atoms with van der Waals surface area (Å²) in [6.45, 7) is 5.05. The van der Waals surface area contributed by atoms with Crippen LogP contribution in [0.4, 0.5) is 9.59 Å². The molecule has 2 saturated carbocycles. The van der Waals surface area contributed by atoms with E-state index in [9.17, 15) is 19.2 Å². The molecule has 63 heavy (non-hydrogen) atoms. The van der Waals surface area contributed by atoms with E-state index in [-0.39, 0.29) is 40.6 Å². The Labute approximate surface area is 365 Å².